The van der Waals surface area contributed by atoms with Crippen LogP contribution in [0.2, 0.25) is 0 Å². The van der Waals surface area contributed by atoms with Gasteiger partial charge < -0.3 is 9.73 Å². The van der Waals surface area contributed by atoms with E-state index >= 15 is 0 Å². The molecule has 156 valence electrons. The van der Waals surface area contributed by atoms with Gasteiger partial charge in [-0.05, 0) is 43.7 Å². The number of carbonyl (C=O) groups excluding carboxylic acids is 1. The Morgan fingerprint density at radius 1 is 1.03 bits per heavy atom. The molecule has 0 spiro atoms. The van der Waals surface area contributed by atoms with E-state index in [0.717, 1.165) is 17.8 Å². The highest BCUT2D eigenvalue weighted by atomic mass is 19.1. The van der Waals surface area contributed by atoms with Crippen molar-refractivity contribution in [3.8, 4) is 22.7 Å². The fourth-order valence-corrected chi connectivity index (χ4v) is 3.13. The summed E-state index contributed by atoms with van der Waals surface area (Å²) in [5.74, 6) is -1.72. The molecule has 6 nitrogen and oxygen atoms in total. The second kappa shape index (κ2) is 8.43. The third-order valence-electron chi connectivity index (χ3n) is 4.68. The summed E-state index contributed by atoms with van der Waals surface area (Å²) in [5, 5.41) is 2.70. The summed E-state index contributed by atoms with van der Waals surface area (Å²) in [6.45, 7) is 3.50. The normalized spacial score (nSPS) is 11.9. The van der Waals surface area contributed by atoms with Crippen LogP contribution in [0.25, 0.3) is 22.7 Å². The fraction of sp³-hybridized carbons (Fsp3) is 0.130. The van der Waals surface area contributed by atoms with Gasteiger partial charge in [0.2, 0.25) is 5.89 Å². The van der Waals surface area contributed by atoms with E-state index < -0.39 is 23.6 Å². The molecule has 3 aromatic heterocycles. The third-order valence-corrected chi connectivity index (χ3v) is 4.68. The molecular weight excluding hydrogens is 402 g/mol. The molecule has 1 atom stereocenters. The lowest BCUT2D eigenvalue weighted by Gasteiger charge is -2.15. The molecule has 0 fully saturated rings. The lowest BCUT2D eigenvalue weighted by molar-refractivity contribution is 0.0938. The molecule has 8 heteroatoms. The average molecular weight is 420 g/mol. The number of hydrogen-bond donors (Lipinski definition) is 1. The summed E-state index contributed by atoms with van der Waals surface area (Å²) in [6.07, 6.45) is 5.59. The summed E-state index contributed by atoms with van der Waals surface area (Å²) in [7, 11) is 0. The molecule has 3 heterocycles. The Balaban J connectivity index is 1.69. The smallest absolute Gasteiger partial charge is 0.251 e. The van der Waals surface area contributed by atoms with Crippen molar-refractivity contribution < 1.29 is 18.0 Å². The zero-order chi connectivity index (χ0) is 22.0. The van der Waals surface area contributed by atoms with Crippen molar-refractivity contribution in [2.75, 3.05) is 0 Å². The van der Waals surface area contributed by atoms with Crippen LogP contribution in [-0.2, 0) is 0 Å². The van der Waals surface area contributed by atoms with Crippen molar-refractivity contribution in [2.24, 2.45) is 0 Å². The summed E-state index contributed by atoms with van der Waals surface area (Å²) < 4.78 is 32.6. The van der Waals surface area contributed by atoms with Gasteiger partial charge in [-0.3, -0.25) is 14.8 Å². The molecule has 0 unspecified atom stereocenters. The Kier molecular flexibility index (Phi) is 5.53. The fourth-order valence-electron chi connectivity index (χ4n) is 3.13. The van der Waals surface area contributed by atoms with Gasteiger partial charge in [0.15, 0.2) is 0 Å². The average Bonchev–Trinajstić information content (AvgIpc) is 3.29. The Morgan fingerprint density at radius 2 is 1.84 bits per heavy atom. The largest absolute Gasteiger partial charge is 0.445 e. The van der Waals surface area contributed by atoms with Crippen LogP contribution in [0.15, 0.2) is 65.7 Å². The van der Waals surface area contributed by atoms with E-state index in [1.165, 1.54) is 12.5 Å². The van der Waals surface area contributed by atoms with Gasteiger partial charge in [-0.15, -0.1) is 0 Å². The molecule has 31 heavy (non-hydrogen) atoms. The number of aryl methyl sites for hydroxylation is 1. The summed E-state index contributed by atoms with van der Waals surface area (Å²) in [4.78, 5) is 25.3. The van der Waals surface area contributed by atoms with E-state index in [1.807, 2.05) is 25.1 Å². The number of oxazole rings is 1. The van der Waals surface area contributed by atoms with Crippen molar-refractivity contribution >= 4 is 5.91 Å². The highest BCUT2D eigenvalue weighted by Gasteiger charge is 2.19. The number of halogens is 2. The molecule has 1 N–H and O–H groups in total. The zero-order valence-electron chi connectivity index (χ0n) is 16.8. The number of nitrogens with one attached hydrogen (secondary N) is 1. The first-order chi connectivity index (χ1) is 14.9. The van der Waals surface area contributed by atoms with Gasteiger partial charge in [-0.25, -0.2) is 13.8 Å². The Labute approximate surface area is 177 Å². The Hall–Kier alpha value is -3.94. The van der Waals surface area contributed by atoms with E-state index in [2.05, 4.69) is 20.3 Å². The highest BCUT2D eigenvalue weighted by molar-refractivity contribution is 5.97. The monoisotopic (exact) mass is 420 g/mol. The van der Waals surface area contributed by atoms with Crippen LogP contribution >= 0.6 is 0 Å². The van der Waals surface area contributed by atoms with Gasteiger partial charge >= 0.3 is 0 Å². The summed E-state index contributed by atoms with van der Waals surface area (Å²) in [6, 6.07) is 8.86. The lowest BCUT2D eigenvalue weighted by Crippen LogP contribution is -2.28. The zero-order valence-corrected chi connectivity index (χ0v) is 16.8. The van der Waals surface area contributed by atoms with Crippen LogP contribution in [0.3, 0.4) is 0 Å². The van der Waals surface area contributed by atoms with E-state index in [9.17, 15) is 13.6 Å². The third kappa shape index (κ3) is 4.48. The van der Waals surface area contributed by atoms with Crippen molar-refractivity contribution in [3.05, 3.63) is 89.7 Å². The van der Waals surface area contributed by atoms with Crippen LogP contribution in [0.4, 0.5) is 8.78 Å². The SMILES string of the molecule is Cc1ccc(-c2cc(C(=O)N[C@H](C)c3ncc(F)cc3F)cc(-c3ncco3)c2)nc1. The number of rotatable bonds is 5. The molecule has 4 rings (SSSR count). The van der Waals surface area contributed by atoms with Gasteiger partial charge in [0.25, 0.3) is 5.91 Å². The minimum Gasteiger partial charge on any atom is -0.445 e. The molecular formula is C23H18F2N4O2. The maximum absolute atomic E-state index is 14.0. The van der Waals surface area contributed by atoms with Gasteiger partial charge in [0.05, 0.1) is 29.8 Å². The topological polar surface area (TPSA) is 80.9 Å². The second-order valence-electron chi connectivity index (χ2n) is 7.07. The van der Waals surface area contributed by atoms with Crippen LogP contribution < -0.4 is 5.32 Å². The summed E-state index contributed by atoms with van der Waals surface area (Å²) >= 11 is 0. The molecule has 0 radical (unpaired) electrons. The number of nitrogens with zero attached hydrogens (tertiary/aromatic N) is 3. The number of aromatic nitrogens is 3. The highest BCUT2D eigenvalue weighted by Crippen LogP contribution is 2.27. The van der Waals surface area contributed by atoms with Gasteiger partial charge in [0.1, 0.15) is 17.9 Å². The molecule has 4 aromatic rings. The molecule has 0 aliphatic heterocycles. The molecule has 0 saturated carbocycles. The second-order valence-corrected chi connectivity index (χ2v) is 7.07. The maximum Gasteiger partial charge on any atom is 0.251 e. The first-order valence-corrected chi connectivity index (χ1v) is 9.50. The minimum atomic E-state index is -0.828. The van der Waals surface area contributed by atoms with Crippen molar-refractivity contribution in [1.29, 1.82) is 0 Å². The Morgan fingerprint density at radius 3 is 2.52 bits per heavy atom. The predicted molar refractivity (Wildman–Crippen MR) is 110 cm³/mol. The minimum absolute atomic E-state index is 0.0565. The first kappa shape index (κ1) is 20.3. The van der Waals surface area contributed by atoms with Gasteiger partial charge in [-0.1, -0.05) is 6.07 Å². The van der Waals surface area contributed by atoms with Crippen LogP contribution in [0.5, 0.6) is 0 Å². The standard InChI is InChI=1S/C23H18F2N4O2/c1-13-3-4-20(27-11-13)15-7-16(9-17(8-15)23-26-5-6-31-23)22(30)29-14(2)21-19(25)10-18(24)12-28-21/h3-12,14H,1-2H3,(H,29,30)/t14-/m1/s1. The van der Waals surface area contributed by atoms with Crippen LogP contribution in [0.1, 0.15) is 34.6 Å². The van der Waals surface area contributed by atoms with Gasteiger partial charge in [-0.2, -0.15) is 0 Å². The molecule has 1 aromatic carbocycles. The van der Waals surface area contributed by atoms with Crippen molar-refractivity contribution in [3.63, 3.8) is 0 Å². The van der Waals surface area contributed by atoms with E-state index in [4.69, 9.17) is 4.42 Å². The van der Waals surface area contributed by atoms with Crippen molar-refractivity contribution in [2.45, 2.75) is 19.9 Å². The predicted octanol–water partition coefficient (Wildman–Crippen LogP) is 4.88. The van der Waals surface area contributed by atoms with E-state index in [1.54, 1.807) is 25.3 Å². The summed E-state index contributed by atoms with van der Waals surface area (Å²) in [5.41, 5.74) is 3.22. The molecule has 0 saturated heterocycles. The van der Waals surface area contributed by atoms with Gasteiger partial charge in [0, 0.05) is 29.0 Å². The number of hydrogen-bond acceptors (Lipinski definition) is 5. The molecule has 0 bridgehead atoms. The Bertz CT molecular complexity index is 1230. The molecule has 0 aliphatic rings. The quantitative estimate of drug-likeness (QED) is 0.498. The van der Waals surface area contributed by atoms with E-state index in [-0.39, 0.29) is 5.69 Å². The van der Waals surface area contributed by atoms with E-state index in [0.29, 0.717) is 28.3 Å². The maximum atomic E-state index is 14.0. The number of benzene rings is 1. The molecule has 1 amide bonds. The van der Waals surface area contributed by atoms with Crippen LogP contribution in [-0.4, -0.2) is 20.9 Å². The first-order valence-electron chi connectivity index (χ1n) is 9.50. The molecule has 0 aliphatic carbocycles. The van der Waals surface area contributed by atoms with Crippen LogP contribution in [0, 0.1) is 18.6 Å². The lowest BCUT2D eigenvalue weighted by atomic mass is 10.0. The number of carbonyl (C=O) groups is 1. The number of amides is 1. The number of pyridine rings is 2. The van der Waals surface area contributed by atoms with Crippen molar-refractivity contribution in [1.82, 2.24) is 20.3 Å².